The molecule has 3 aromatic carbocycles. The van der Waals surface area contributed by atoms with Crippen LogP contribution >= 0.6 is 11.6 Å². The predicted molar refractivity (Wildman–Crippen MR) is 155 cm³/mol. The van der Waals surface area contributed by atoms with Crippen molar-refractivity contribution in [3.8, 4) is 11.5 Å². The molecule has 0 unspecified atom stereocenters. The summed E-state index contributed by atoms with van der Waals surface area (Å²) in [5, 5.41) is 3.08. The summed E-state index contributed by atoms with van der Waals surface area (Å²) < 4.78 is 39.6. The Morgan fingerprint density at radius 2 is 1.62 bits per heavy atom. The fourth-order valence-corrected chi connectivity index (χ4v) is 5.65. The van der Waals surface area contributed by atoms with E-state index in [4.69, 9.17) is 21.1 Å². The number of anilines is 1. The standard InChI is InChI=1S/C29H34ClN3O6S/c1-20(2)31-29(35)21(3)32(18-22-10-9-11-24(16-22)38-4)28(34)19-33(26-17-23(30)14-15-27(26)39-5)40(36,37)25-12-7-6-8-13-25/h6-17,20-21H,18-19H2,1-5H3,(H,31,35)/t21-/m0/s1. The topological polar surface area (TPSA) is 105 Å². The second-order valence-electron chi connectivity index (χ2n) is 9.35. The molecule has 3 rings (SSSR count). The Morgan fingerprint density at radius 1 is 0.925 bits per heavy atom. The number of amides is 2. The number of benzene rings is 3. The van der Waals surface area contributed by atoms with E-state index in [0.29, 0.717) is 11.3 Å². The van der Waals surface area contributed by atoms with Crippen molar-refractivity contribution >= 4 is 39.1 Å². The van der Waals surface area contributed by atoms with E-state index in [1.807, 2.05) is 13.8 Å². The third-order valence-corrected chi connectivity index (χ3v) is 8.11. The summed E-state index contributed by atoms with van der Waals surface area (Å²) in [4.78, 5) is 28.4. The maximum Gasteiger partial charge on any atom is 0.264 e. The fourth-order valence-electron chi connectivity index (χ4n) is 4.05. The molecule has 0 spiro atoms. The third-order valence-electron chi connectivity index (χ3n) is 6.10. The van der Waals surface area contributed by atoms with Crippen molar-refractivity contribution in [2.24, 2.45) is 0 Å². The molecular formula is C29H34ClN3O6S. The van der Waals surface area contributed by atoms with Crippen LogP contribution in [0, 0.1) is 0 Å². The first-order chi connectivity index (χ1) is 19.0. The lowest BCUT2D eigenvalue weighted by Crippen LogP contribution is -2.52. The molecule has 9 nitrogen and oxygen atoms in total. The summed E-state index contributed by atoms with van der Waals surface area (Å²) in [5.74, 6) is -0.178. The lowest BCUT2D eigenvalue weighted by Gasteiger charge is -2.32. The average Bonchev–Trinajstić information content (AvgIpc) is 2.94. The molecule has 0 aliphatic heterocycles. The highest BCUT2D eigenvalue weighted by Crippen LogP contribution is 2.35. The lowest BCUT2D eigenvalue weighted by molar-refractivity contribution is -0.139. The van der Waals surface area contributed by atoms with Crippen LogP contribution in [0.5, 0.6) is 11.5 Å². The number of halogens is 1. The second kappa shape index (κ2) is 13.5. The lowest BCUT2D eigenvalue weighted by atomic mass is 10.1. The summed E-state index contributed by atoms with van der Waals surface area (Å²) in [6.07, 6.45) is 0. The van der Waals surface area contributed by atoms with E-state index in [0.717, 1.165) is 4.31 Å². The molecule has 0 saturated carbocycles. The van der Waals surface area contributed by atoms with E-state index in [9.17, 15) is 18.0 Å². The second-order valence-corrected chi connectivity index (χ2v) is 11.7. The summed E-state index contributed by atoms with van der Waals surface area (Å²) in [6, 6.07) is 18.3. The van der Waals surface area contributed by atoms with Gasteiger partial charge in [0.25, 0.3) is 10.0 Å². The molecule has 0 fully saturated rings. The Hall–Kier alpha value is -3.76. The minimum Gasteiger partial charge on any atom is -0.497 e. The smallest absolute Gasteiger partial charge is 0.264 e. The Bertz CT molecular complexity index is 1430. The molecule has 0 aromatic heterocycles. The van der Waals surface area contributed by atoms with Crippen LogP contribution in [0.4, 0.5) is 5.69 Å². The first-order valence-electron chi connectivity index (χ1n) is 12.6. The largest absolute Gasteiger partial charge is 0.497 e. The van der Waals surface area contributed by atoms with E-state index in [2.05, 4.69) is 5.32 Å². The monoisotopic (exact) mass is 587 g/mol. The van der Waals surface area contributed by atoms with Crippen LogP contribution in [0.15, 0.2) is 77.7 Å². The van der Waals surface area contributed by atoms with Crippen molar-refractivity contribution in [3.05, 3.63) is 83.4 Å². The summed E-state index contributed by atoms with van der Waals surface area (Å²) in [5.41, 5.74) is 0.794. The number of carbonyl (C=O) groups is 2. The van der Waals surface area contributed by atoms with Crippen molar-refractivity contribution in [2.75, 3.05) is 25.1 Å². The molecule has 1 N–H and O–H groups in total. The normalized spacial score (nSPS) is 12.0. The molecule has 0 bridgehead atoms. The Morgan fingerprint density at radius 3 is 2.25 bits per heavy atom. The van der Waals surface area contributed by atoms with Crippen LogP contribution in [0.2, 0.25) is 5.02 Å². The van der Waals surface area contributed by atoms with Gasteiger partial charge in [0.2, 0.25) is 11.8 Å². The van der Waals surface area contributed by atoms with Crippen molar-refractivity contribution in [2.45, 2.75) is 44.3 Å². The average molecular weight is 588 g/mol. The molecule has 0 aliphatic rings. The molecule has 40 heavy (non-hydrogen) atoms. The zero-order valence-corrected chi connectivity index (χ0v) is 24.7. The quantitative estimate of drug-likeness (QED) is 0.335. The molecule has 0 aliphatic carbocycles. The number of nitrogens with zero attached hydrogens (tertiary/aromatic N) is 2. The van der Waals surface area contributed by atoms with Crippen LogP contribution in [-0.4, -0.2) is 58.0 Å². The molecule has 3 aromatic rings. The highest BCUT2D eigenvalue weighted by atomic mass is 35.5. The number of carbonyl (C=O) groups excluding carboxylic acids is 2. The number of sulfonamides is 1. The molecule has 11 heteroatoms. The zero-order chi connectivity index (χ0) is 29.4. The summed E-state index contributed by atoms with van der Waals surface area (Å²) in [7, 11) is -1.32. The summed E-state index contributed by atoms with van der Waals surface area (Å²) in [6.45, 7) is 4.66. The molecule has 0 radical (unpaired) electrons. The van der Waals surface area contributed by atoms with E-state index in [1.54, 1.807) is 55.5 Å². The number of nitrogens with one attached hydrogen (secondary N) is 1. The maximum atomic E-state index is 14.0. The van der Waals surface area contributed by atoms with Gasteiger partial charge < -0.3 is 19.7 Å². The highest BCUT2D eigenvalue weighted by molar-refractivity contribution is 7.92. The minimum atomic E-state index is -4.25. The fraction of sp³-hybridized carbons (Fsp3) is 0.310. The predicted octanol–water partition coefficient (Wildman–Crippen LogP) is 4.49. The van der Waals surface area contributed by atoms with Gasteiger partial charge in [-0.25, -0.2) is 8.42 Å². The first-order valence-corrected chi connectivity index (χ1v) is 14.4. The van der Waals surface area contributed by atoms with Gasteiger partial charge in [-0.05, 0) is 68.8 Å². The zero-order valence-electron chi connectivity index (χ0n) is 23.1. The molecule has 214 valence electrons. The van der Waals surface area contributed by atoms with Crippen molar-refractivity contribution in [1.29, 1.82) is 0 Å². The van der Waals surface area contributed by atoms with Gasteiger partial charge in [-0.3, -0.25) is 13.9 Å². The van der Waals surface area contributed by atoms with Crippen LogP contribution in [0.3, 0.4) is 0 Å². The Balaban J connectivity index is 2.10. The van der Waals surface area contributed by atoms with Gasteiger partial charge in [0.05, 0.1) is 24.8 Å². The van der Waals surface area contributed by atoms with Gasteiger partial charge >= 0.3 is 0 Å². The Kier molecular flexibility index (Phi) is 10.4. The summed E-state index contributed by atoms with van der Waals surface area (Å²) >= 11 is 6.25. The third kappa shape index (κ3) is 7.45. The van der Waals surface area contributed by atoms with Gasteiger partial charge in [0.1, 0.15) is 24.1 Å². The number of rotatable bonds is 12. The molecule has 1 atom stereocenters. The van der Waals surface area contributed by atoms with Crippen molar-refractivity contribution < 1.29 is 27.5 Å². The number of ether oxygens (including phenoxy) is 2. The van der Waals surface area contributed by atoms with Crippen LogP contribution in [0.1, 0.15) is 26.3 Å². The molecule has 0 heterocycles. The first kappa shape index (κ1) is 30.8. The number of hydrogen-bond acceptors (Lipinski definition) is 6. The maximum absolute atomic E-state index is 14.0. The minimum absolute atomic E-state index is 0.0187. The number of hydrogen-bond donors (Lipinski definition) is 1. The van der Waals surface area contributed by atoms with E-state index >= 15 is 0 Å². The molecule has 2 amide bonds. The van der Waals surface area contributed by atoms with Gasteiger partial charge in [0, 0.05) is 17.6 Å². The van der Waals surface area contributed by atoms with Crippen LogP contribution in [-0.2, 0) is 26.2 Å². The van der Waals surface area contributed by atoms with Crippen LogP contribution in [0.25, 0.3) is 0 Å². The Labute approximate surface area is 240 Å². The van der Waals surface area contributed by atoms with Crippen molar-refractivity contribution in [1.82, 2.24) is 10.2 Å². The van der Waals surface area contributed by atoms with Gasteiger partial charge in [0.15, 0.2) is 0 Å². The molecule has 0 saturated heterocycles. The SMILES string of the molecule is COc1cccc(CN(C(=O)CN(c2cc(Cl)ccc2OC)S(=O)(=O)c2ccccc2)[C@@H](C)C(=O)NC(C)C)c1. The molecular weight excluding hydrogens is 554 g/mol. The number of methoxy groups -OCH3 is 2. The van der Waals surface area contributed by atoms with E-state index < -0.39 is 28.5 Å². The van der Waals surface area contributed by atoms with Crippen LogP contribution < -0.4 is 19.1 Å². The van der Waals surface area contributed by atoms with E-state index in [1.165, 1.54) is 43.4 Å². The van der Waals surface area contributed by atoms with Crippen molar-refractivity contribution in [3.63, 3.8) is 0 Å². The highest BCUT2D eigenvalue weighted by Gasteiger charge is 2.34. The van der Waals surface area contributed by atoms with Gasteiger partial charge in [-0.15, -0.1) is 0 Å². The van der Waals surface area contributed by atoms with Gasteiger partial charge in [-0.1, -0.05) is 41.9 Å². The van der Waals surface area contributed by atoms with E-state index in [-0.39, 0.29) is 39.8 Å². The van der Waals surface area contributed by atoms with Gasteiger partial charge in [-0.2, -0.15) is 0 Å².